The fourth-order valence-electron chi connectivity index (χ4n) is 2.74. The van der Waals surface area contributed by atoms with Crippen molar-refractivity contribution < 1.29 is 5.11 Å². The quantitative estimate of drug-likeness (QED) is 0.706. The highest BCUT2D eigenvalue weighted by Gasteiger charge is 2.29. The summed E-state index contributed by atoms with van der Waals surface area (Å²) in [6.45, 7) is 0.0966. The van der Waals surface area contributed by atoms with Crippen LogP contribution in [0.25, 0.3) is 0 Å². The lowest BCUT2D eigenvalue weighted by atomic mass is 9.81. The van der Waals surface area contributed by atoms with Gasteiger partial charge in [0.1, 0.15) is 0 Å². The van der Waals surface area contributed by atoms with E-state index in [1.807, 2.05) is 0 Å². The van der Waals surface area contributed by atoms with Crippen LogP contribution in [0, 0.1) is 5.92 Å². The zero-order valence-corrected chi connectivity index (χ0v) is 9.45. The highest BCUT2D eigenvalue weighted by molar-refractivity contribution is 4.86. The second-order valence-electron chi connectivity index (χ2n) is 4.70. The molecule has 0 bridgehead atoms. The molecule has 0 aromatic carbocycles. The first-order chi connectivity index (χ1) is 6.66. The van der Waals surface area contributed by atoms with Gasteiger partial charge in [-0.1, -0.05) is 19.3 Å². The minimum atomic E-state index is -0.0897. The highest BCUT2D eigenvalue weighted by Crippen LogP contribution is 2.29. The summed E-state index contributed by atoms with van der Waals surface area (Å²) >= 11 is 0. The fraction of sp³-hybridized carbons (Fsp3) is 1.00. The molecule has 0 radical (unpaired) electrons. The minimum absolute atomic E-state index is 0.0897. The Balaban J connectivity index is 2.56. The third kappa shape index (κ3) is 2.94. The number of aliphatic hydroxyl groups is 1. The lowest BCUT2D eigenvalue weighted by Gasteiger charge is -2.37. The van der Waals surface area contributed by atoms with E-state index in [1.54, 1.807) is 0 Å². The lowest BCUT2D eigenvalue weighted by molar-refractivity contribution is 0.112. The van der Waals surface area contributed by atoms with Crippen LogP contribution in [0.2, 0.25) is 0 Å². The topological polar surface area (TPSA) is 49.5 Å². The molecule has 0 aliphatic heterocycles. The van der Waals surface area contributed by atoms with Gasteiger partial charge >= 0.3 is 0 Å². The van der Waals surface area contributed by atoms with Crippen molar-refractivity contribution in [2.24, 2.45) is 11.7 Å². The van der Waals surface area contributed by atoms with Crippen LogP contribution in [0.15, 0.2) is 0 Å². The third-order valence-corrected chi connectivity index (χ3v) is 3.38. The molecule has 0 heterocycles. The summed E-state index contributed by atoms with van der Waals surface area (Å²) in [5.41, 5.74) is 5.96. The van der Waals surface area contributed by atoms with Gasteiger partial charge in [-0.15, -0.1) is 0 Å². The average molecular weight is 200 g/mol. The molecule has 1 fully saturated rings. The van der Waals surface area contributed by atoms with E-state index in [0.29, 0.717) is 12.0 Å². The van der Waals surface area contributed by atoms with Gasteiger partial charge in [0.25, 0.3) is 0 Å². The van der Waals surface area contributed by atoms with Crippen molar-refractivity contribution in [3.8, 4) is 0 Å². The van der Waals surface area contributed by atoms with E-state index < -0.39 is 0 Å². The first kappa shape index (κ1) is 12.0. The molecule has 2 unspecified atom stereocenters. The molecule has 0 spiro atoms. The molecule has 0 amide bonds. The van der Waals surface area contributed by atoms with Crippen molar-refractivity contribution in [2.75, 3.05) is 20.7 Å². The van der Waals surface area contributed by atoms with Gasteiger partial charge in [-0.25, -0.2) is 0 Å². The van der Waals surface area contributed by atoms with Crippen molar-refractivity contribution in [2.45, 2.75) is 44.2 Å². The normalized spacial score (nSPS) is 23.8. The first-order valence-corrected chi connectivity index (χ1v) is 5.69. The van der Waals surface area contributed by atoms with Gasteiger partial charge in [-0.3, -0.25) is 0 Å². The van der Waals surface area contributed by atoms with E-state index in [-0.39, 0.29) is 12.6 Å². The minimum Gasteiger partial charge on any atom is -0.395 e. The van der Waals surface area contributed by atoms with Gasteiger partial charge in [0, 0.05) is 12.1 Å². The van der Waals surface area contributed by atoms with Crippen LogP contribution in [-0.4, -0.2) is 42.8 Å². The number of hydrogen-bond acceptors (Lipinski definition) is 3. The van der Waals surface area contributed by atoms with Gasteiger partial charge in [-0.05, 0) is 32.9 Å². The van der Waals surface area contributed by atoms with E-state index in [1.165, 1.54) is 32.1 Å². The Morgan fingerprint density at radius 2 is 1.86 bits per heavy atom. The molecule has 1 rings (SSSR count). The number of nitrogens with zero attached hydrogens (tertiary/aromatic N) is 1. The Bertz CT molecular complexity index is 155. The third-order valence-electron chi connectivity index (χ3n) is 3.38. The van der Waals surface area contributed by atoms with Gasteiger partial charge in [0.15, 0.2) is 0 Å². The highest BCUT2D eigenvalue weighted by atomic mass is 16.3. The molecule has 1 saturated carbocycles. The van der Waals surface area contributed by atoms with E-state index in [0.717, 1.165) is 0 Å². The van der Waals surface area contributed by atoms with Crippen molar-refractivity contribution in [3.05, 3.63) is 0 Å². The standard InChI is InChI=1S/C11H24N2O/c1-13(2)11(10(12)8-14)9-6-4-3-5-7-9/h9-11,14H,3-8,12H2,1-2H3. The van der Waals surface area contributed by atoms with Crippen LogP contribution in [-0.2, 0) is 0 Å². The van der Waals surface area contributed by atoms with E-state index >= 15 is 0 Å². The van der Waals surface area contributed by atoms with Crippen LogP contribution in [0.1, 0.15) is 32.1 Å². The SMILES string of the molecule is CN(C)C(C(N)CO)C1CCCCC1. The molecule has 1 aliphatic carbocycles. The number of nitrogens with two attached hydrogens (primary N) is 1. The van der Waals surface area contributed by atoms with Crippen LogP contribution in [0.5, 0.6) is 0 Å². The molecule has 0 aromatic heterocycles. The molecular weight excluding hydrogens is 176 g/mol. The second kappa shape index (κ2) is 5.69. The predicted molar refractivity (Wildman–Crippen MR) is 59.1 cm³/mol. The zero-order chi connectivity index (χ0) is 10.6. The summed E-state index contributed by atoms with van der Waals surface area (Å²) in [6.07, 6.45) is 6.57. The molecule has 3 heteroatoms. The van der Waals surface area contributed by atoms with E-state index in [9.17, 15) is 0 Å². The summed E-state index contributed by atoms with van der Waals surface area (Å²) in [7, 11) is 4.13. The molecule has 2 atom stereocenters. The van der Waals surface area contributed by atoms with Gasteiger partial charge in [0.2, 0.25) is 0 Å². The molecule has 0 saturated heterocycles. The van der Waals surface area contributed by atoms with Crippen LogP contribution in [0.3, 0.4) is 0 Å². The van der Waals surface area contributed by atoms with Crippen LogP contribution < -0.4 is 5.73 Å². The maximum absolute atomic E-state index is 9.13. The second-order valence-corrected chi connectivity index (χ2v) is 4.70. The Morgan fingerprint density at radius 1 is 1.29 bits per heavy atom. The predicted octanol–water partition coefficient (Wildman–Crippen LogP) is 0.816. The summed E-state index contributed by atoms with van der Waals surface area (Å²) in [4.78, 5) is 2.18. The number of hydrogen-bond donors (Lipinski definition) is 2. The van der Waals surface area contributed by atoms with Crippen molar-refractivity contribution in [3.63, 3.8) is 0 Å². The maximum Gasteiger partial charge on any atom is 0.0597 e. The first-order valence-electron chi connectivity index (χ1n) is 5.69. The summed E-state index contributed by atoms with van der Waals surface area (Å²) in [5.74, 6) is 0.681. The maximum atomic E-state index is 9.13. The van der Waals surface area contributed by atoms with E-state index in [2.05, 4.69) is 19.0 Å². The lowest BCUT2D eigenvalue weighted by Crippen LogP contribution is -2.51. The van der Waals surface area contributed by atoms with Crippen molar-refractivity contribution in [1.82, 2.24) is 4.90 Å². The molecule has 1 aliphatic rings. The average Bonchev–Trinajstić information content (AvgIpc) is 2.19. The molecule has 84 valence electrons. The smallest absolute Gasteiger partial charge is 0.0597 e. The Morgan fingerprint density at radius 3 is 2.29 bits per heavy atom. The monoisotopic (exact) mass is 200 g/mol. The molecule has 14 heavy (non-hydrogen) atoms. The van der Waals surface area contributed by atoms with Crippen molar-refractivity contribution >= 4 is 0 Å². The number of aliphatic hydroxyl groups excluding tert-OH is 1. The van der Waals surface area contributed by atoms with Gasteiger partial charge in [0.05, 0.1) is 6.61 Å². The number of rotatable bonds is 4. The Kier molecular flexibility index (Phi) is 4.85. The molecule has 0 aromatic rings. The molecular formula is C11H24N2O. The van der Waals surface area contributed by atoms with Crippen LogP contribution in [0.4, 0.5) is 0 Å². The number of likely N-dealkylation sites (N-methyl/N-ethyl adjacent to an activating group) is 1. The van der Waals surface area contributed by atoms with Crippen LogP contribution >= 0.6 is 0 Å². The summed E-state index contributed by atoms with van der Waals surface area (Å²) in [5, 5.41) is 9.13. The fourth-order valence-corrected chi connectivity index (χ4v) is 2.74. The Hall–Kier alpha value is -0.120. The molecule has 3 nitrogen and oxygen atoms in total. The molecule has 3 N–H and O–H groups in total. The Labute approximate surface area is 87.3 Å². The largest absolute Gasteiger partial charge is 0.395 e. The van der Waals surface area contributed by atoms with E-state index in [4.69, 9.17) is 10.8 Å². The van der Waals surface area contributed by atoms with Gasteiger partial charge < -0.3 is 15.7 Å². The van der Waals surface area contributed by atoms with Gasteiger partial charge in [-0.2, -0.15) is 0 Å². The summed E-state index contributed by atoms with van der Waals surface area (Å²) in [6, 6.07) is 0.258. The van der Waals surface area contributed by atoms with Crippen molar-refractivity contribution in [1.29, 1.82) is 0 Å². The summed E-state index contributed by atoms with van der Waals surface area (Å²) < 4.78 is 0. The zero-order valence-electron chi connectivity index (χ0n) is 9.45.